The molecule has 196 valence electrons. The van der Waals surface area contributed by atoms with Gasteiger partial charge in [0.2, 0.25) is 5.91 Å². The number of amides is 2. The molecule has 0 aliphatic carbocycles. The minimum atomic E-state index is -0.408. The molecule has 0 unspecified atom stereocenters. The predicted molar refractivity (Wildman–Crippen MR) is 139 cm³/mol. The van der Waals surface area contributed by atoms with Crippen LogP contribution in [-0.4, -0.2) is 74.2 Å². The summed E-state index contributed by atoms with van der Waals surface area (Å²) >= 11 is 0. The Hall–Kier alpha value is -2.97. The number of carbonyl (C=O) groups is 2. The van der Waals surface area contributed by atoms with Crippen LogP contribution in [0.5, 0.6) is 5.75 Å². The standard InChI is InChI=1S/C28H38FN3O4/c1-22(2)30-15-9-16-32(28(34)21-35-3)25-12-6-4-10-23(25)20-31(18-17-30)27(33)14-8-19-36-26-13-7-5-11-24(26)29/h4-7,10-13,22H,8-9,14-21H2,1-3H3. The van der Waals surface area contributed by atoms with Crippen molar-refractivity contribution in [3.63, 3.8) is 0 Å². The third-order valence-electron chi connectivity index (χ3n) is 6.41. The fourth-order valence-electron chi connectivity index (χ4n) is 4.42. The molecule has 0 spiro atoms. The van der Waals surface area contributed by atoms with E-state index in [2.05, 4.69) is 18.7 Å². The molecule has 1 aliphatic heterocycles. The number of hydrogen-bond donors (Lipinski definition) is 0. The number of hydrogen-bond acceptors (Lipinski definition) is 5. The van der Waals surface area contributed by atoms with E-state index < -0.39 is 5.82 Å². The van der Waals surface area contributed by atoms with Crippen LogP contribution < -0.4 is 9.64 Å². The van der Waals surface area contributed by atoms with Crippen LogP contribution in [0.3, 0.4) is 0 Å². The van der Waals surface area contributed by atoms with Crippen LogP contribution in [0, 0.1) is 5.82 Å². The van der Waals surface area contributed by atoms with E-state index in [4.69, 9.17) is 9.47 Å². The molecule has 2 aromatic carbocycles. The molecule has 1 aliphatic rings. The van der Waals surface area contributed by atoms with Crippen LogP contribution in [0.2, 0.25) is 0 Å². The zero-order valence-corrected chi connectivity index (χ0v) is 21.6. The maximum atomic E-state index is 13.8. The Morgan fingerprint density at radius 1 is 0.972 bits per heavy atom. The second-order valence-corrected chi connectivity index (χ2v) is 9.29. The highest BCUT2D eigenvalue weighted by Crippen LogP contribution is 2.24. The number of halogens is 1. The van der Waals surface area contributed by atoms with Crippen molar-refractivity contribution in [1.82, 2.24) is 9.80 Å². The molecule has 2 amide bonds. The third-order valence-corrected chi connectivity index (χ3v) is 6.41. The van der Waals surface area contributed by atoms with Crippen molar-refractivity contribution in [2.75, 3.05) is 51.4 Å². The minimum absolute atomic E-state index is 0.00683. The first kappa shape index (κ1) is 27.6. The molecule has 0 aromatic heterocycles. The van der Waals surface area contributed by atoms with Crippen LogP contribution in [0.1, 0.15) is 38.7 Å². The van der Waals surface area contributed by atoms with E-state index in [1.807, 2.05) is 29.2 Å². The van der Waals surface area contributed by atoms with E-state index >= 15 is 0 Å². The van der Waals surface area contributed by atoms with Crippen molar-refractivity contribution in [2.45, 2.75) is 45.7 Å². The number of carbonyl (C=O) groups excluding carboxylic acids is 2. The van der Waals surface area contributed by atoms with Gasteiger partial charge in [0.25, 0.3) is 5.91 Å². The summed E-state index contributed by atoms with van der Waals surface area (Å²) in [6, 6.07) is 14.4. The number of nitrogens with zero attached hydrogens (tertiary/aromatic N) is 3. The normalized spacial score (nSPS) is 15.4. The molecule has 0 N–H and O–H groups in total. The van der Waals surface area contributed by atoms with Gasteiger partial charge in [0.15, 0.2) is 11.6 Å². The van der Waals surface area contributed by atoms with Crippen molar-refractivity contribution in [3.05, 3.63) is 59.9 Å². The molecule has 3 rings (SSSR count). The Morgan fingerprint density at radius 2 is 1.72 bits per heavy atom. The van der Waals surface area contributed by atoms with E-state index in [1.54, 1.807) is 23.1 Å². The summed E-state index contributed by atoms with van der Waals surface area (Å²) in [5.41, 5.74) is 1.74. The molecule has 2 aromatic rings. The fourth-order valence-corrected chi connectivity index (χ4v) is 4.42. The summed E-state index contributed by atoms with van der Waals surface area (Å²) in [7, 11) is 1.52. The first-order chi connectivity index (χ1) is 17.4. The average Bonchev–Trinajstić information content (AvgIpc) is 2.90. The lowest BCUT2D eigenvalue weighted by atomic mass is 10.1. The summed E-state index contributed by atoms with van der Waals surface area (Å²) < 4.78 is 24.5. The van der Waals surface area contributed by atoms with Crippen LogP contribution in [0.25, 0.3) is 0 Å². The van der Waals surface area contributed by atoms with Crippen LogP contribution >= 0.6 is 0 Å². The molecule has 8 heteroatoms. The molecule has 0 radical (unpaired) electrons. The number of rotatable bonds is 8. The van der Waals surface area contributed by atoms with Crippen molar-refractivity contribution < 1.29 is 23.5 Å². The summed E-state index contributed by atoms with van der Waals surface area (Å²) in [6.07, 6.45) is 1.60. The van der Waals surface area contributed by atoms with Gasteiger partial charge in [0, 0.05) is 58.0 Å². The van der Waals surface area contributed by atoms with Gasteiger partial charge in [0.1, 0.15) is 6.61 Å². The van der Waals surface area contributed by atoms with Gasteiger partial charge < -0.3 is 19.3 Å². The fraction of sp³-hybridized carbons (Fsp3) is 0.500. The van der Waals surface area contributed by atoms with Crippen molar-refractivity contribution >= 4 is 17.5 Å². The quantitative estimate of drug-likeness (QED) is 0.512. The maximum absolute atomic E-state index is 13.8. The molecular formula is C28H38FN3O4. The number of fused-ring (bicyclic) bond motifs is 1. The molecule has 0 bridgehead atoms. The van der Waals surface area contributed by atoms with Crippen molar-refractivity contribution in [3.8, 4) is 5.75 Å². The second kappa shape index (κ2) is 13.9. The topological polar surface area (TPSA) is 62.3 Å². The summed E-state index contributed by atoms with van der Waals surface area (Å²) in [4.78, 5) is 32.2. The van der Waals surface area contributed by atoms with Gasteiger partial charge in [-0.25, -0.2) is 4.39 Å². The van der Waals surface area contributed by atoms with Crippen molar-refractivity contribution in [2.24, 2.45) is 0 Å². The van der Waals surface area contributed by atoms with Gasteiger partial charge in [0.05, 0.1) is 6.61 Å². The van der Waals surface area contributed by atoms with Gasteiger partial charge in [-0.3, -0.25) is 14.5 Å². The first-order valence-corrected chi connectivity index (χ1v) is 12.7. The summed E-state index contributed by atoms with van der Waals surface area (Å²) in [6.45, 7) is 7.73. The van der Waals surface area contributed by atoms with Gasteiger partial charge >= 0.3 is 0 Å². The number of ether oxygens (including phenoxy) is 2. The lowest BCUT2D eigenvalue weighted by Crippen LogP contribution is -2.41. The summed E-state index contributed by atoms with van der Waals surface area (Å²) in [5.74, 6) is -0.292. The van der Waals surface area contributed by atoms with E-state index in [9.17, 15) is 14.0 Å². The Bertz CT molecular complexity index is 1000. The Kier molecular flexibility index (Phi) is 10.7. The highest BCUT2D eigenvalue weighted by Gasteiger charge is 2.24. The second-order valence-electron chi connectivity index (χ2n) is 9.29. The number of anilines is 1. The molecule has 1 heterocycles. The molecule has 0 atom stereocenters. The van der Waals surface area contributed by atoms with E-state index in [1.165, 1.54) is 13.2 Å². The number of methoxy groups -OCH3 is 1. The smallest absolute Gasteiger partial charge is 0.252 e. The monoisotopic (exact) mass is 499 g/mol. The van der Waals surface area contributed by atoms with Gasteiger partial charge in [-0.05, 0) is 50.5 Å². The average molecular weight is 500 g/mol. The zero-order valence-electron chi connectivity index (χ0n) is 21.6. The molecule has 0 fully saturated rings. The Balaban J connectivity index is 1.75. The zero-order chi connectivity index (χ0) is 25.9. The minimum Gasteiger partial charge on any atom is -0.491 e. The SMILES string of the molecule is COCC(=O)N1CCCN(C(C)C)CCN(C(=O)CCCOc2ccccc2F)Cc2ccccc21. The van der Waals surface area contributed by atoms with Crippen LogP contribution in [-0.2, 0) is 20.9 Å². The third kappa shape index (κ3) is 7.77. The molecule has 0 saturated heterocycles. The molecule has 7 nitrogen and oxygen atoms in total. The molecule has 0 saturated carbocycles. The highest BCUT2D eigenvalue weighted by molar-refractivity contribution is 5.95. The number of benzene rings is 2. The molecular weight excluding hydrogens is 461 g/mol. The van der Waals surface area contributed by atoms with Crippen molar-refractivity contribution in [1.29, 1.82) is 0 Å². The lowest BCUT2D eigenvalue weighted by Gasteiger charge is -2.30. The summed E-state index contributed by atoms with van der Waals surface area (Å²) in [5, 5.41) is 0. The van der Waals surface area contributed by atoms with Crippen LogP contribution in [0.15, 0.2) is 48.5 Å². The van der Waals surface area contributed by atoms with Gasteiger partial charge in [-0.1, -0.05) is 30.3 Å². The van der Waals surface area contributed by atoms with Crippen LogP contribution in [0.4, 0.5) is 10.1 Å². The van der Waals surface area contributed by atoms with Gasteiger partial charge in [-0.15, -0.1) is 0 Å². The molecule has 36 heavy (non-hydrogen) atoms. The van der Waals surface area contributed by atoms with E-state index in [-0.39, 0.29) is 30.8 Å². The number of para-hydroxylation sites is 2. The lowest BCUT2D eigenvalue weighted by molar-refractivity contribution is -0.132. The van der Waals surface area contributed by atoms with E-state index in [0.29, 0.717) is 38.5 Å². The Labute approximate surface area is 213 Å². The predicted octanol–water partition coefficient (Wildman–Crippen LogP) is 4.11. The highest BCUT2D eigenvalue weighted by atomic mass is 19.1. The first-order valence-electron chi connectivity index (χ1n) is 12.7. The van der Waals surface area contributed by atoms with E-state index in [0.717, 1.165) is 30.8 Å². The maximum Gasteiger partial charge on any atom is 0.252 e. The Morgan fingerprint density at radius 3 is 2.47 bits per heavy atom. The largest absolute Gasteiger partial charge is 0.491 e. The van der Waals surface area contributed by atoms with Gasteiger partial charge in [-0.2, -0.15) is 0 Å².